The van der Waals surface area contributed by atoms with E-state index in [0.717, 1.165) is 19.3 Å². The first kappa shape index (κ1) is 14.5. The zero-order valence-electron chi connectivity index (χ0n) is 10.6. The first-order valence-corrected chi connectivity index (χ1v) is 6.42. The molecule has 0 aliphatic carbocycles. The summed E-state index contributed by atoms with van der Waals surface area (Å²) in [6.07, 6.45) is 8.22. The molecule has 90 valence electrons. The highest BCUT2D eigenvalue weighted by atomic mass is 16.5. The Morgan fingerprint density at radius 1 is 1.07 bits per heavy atom. The molecule has 0 aromatic carbocycles. The van der Waals surface area contributed by atoms with Crippen LogP contribution in [0.5, 0.6) is 0 Å². The van der Waals surface area contributed by atoms with Crippen molar-refractivity contribution in [3.63, 3.8) is 0 Å². The first-order chi connectivity index (χ1) is 7.26. The Bertz CT molecular complexity index is 155. The van der Waals surface area contributed by atoms with Crippen LogP contribution in [-0.4, -0.2) is 12.6 Å². The summed E-state index contributed by atoms with van der Waals surface area (Å²) in [5.41, 5.74) is 0. The largest absolute Gasteiger partial charge is 0.466 e. The van der Waals surface area contributed by atoms with Gasteiger partial charge in [0.2, 0.25) is 0 Å². The standard InChI is InChI=1S/C13H26O2/c1-4-7-8-9-10-11-12(5-2)13(14)15-6-3/h12H,4-11H2,1-3H3. The maximum Gasteiger partial charge on any atom is 0.308 e. The minimum absolute atomic E-state index is 0.00417. The quantitative estimate of drug-likeness (QED) is 0.429. The average molecular weight is 214 g/mol. The molecule has 0 saturated heterocycles. The van der Waals surface area contributed by atoms with E-state index in [-0.39, 0.29) is 11.9 Å². The van der Waals surface area contributed by atoms with E-state index in [1.807, 2.05) is 6.92 Å². The van der Waals surface area contributed by atoms with Crippen LogP contribution in [0.15, 0.2) is 0 Å². The molecule has 2 heteroatoms. The molecule has 0 aromatic rings. The van der Waals surface area contributed by atoms with Crippen LogP contribution in [0.4, 0.5) is 0 Å². The number of esters is 1. The van der Waals surface area contributed by atoms with Crippen LogP contribution in [0.1, 0.15) is 65.7 Å². The fourth-order valence-corrected chi connectivity index (χ4v) is 1.74. The zero-order valence-corrected chi connectivity index (χ0v) is 10.6. The van der Waals surface area contributed by atoms with Gasteiger partial charge in [-0.1, -0.05) is 46.0 Å². The highest BCUT2D eigenvalue weighted by molar-refractivity contribution is 5.72. The molecule has 1 unspecified atom stereocenters. The summed E-state index contributed by atoms with van der Waals surface area (Å²) in [5.74, 6) is 0.127. The third-order valence-electron chi connectivity index (χ3n) is 2.77. The summed E-state index contributed by atoms with van der Waals surface area (Å²) < 4.78 is 5.03. The first-order valence-electron chi connectivity index (χ1n) is 6.42. The predicted octanol–water partition coefficient (Wildman–Crippen LogP) is 3.94. The number of rotatable bonds is 9. The van der Waals surface area contributed by atoms with E-state index in [0.29, 0.717) is 6.61 Å². The molecule has 2 nitrogen and oxygen atoms in total. The summed E-state index contributed by atoms with van der Waals surface area (Å²) in [6.45, 7) is 6.65. The lowest BCUT2D eigenvalue weighted by atomic mass is 9.98. The summed E-state index contributed by atoms with van der Waals surface area (Å²) in [5, 5.41) is 0. The molecule has 0 saturated carbocycles. The minimum Gasteiger partial charge on any atom is -0.466 e. The fourth-order valence-electron chi connectivity index (χ4n) is 1.74. The molecule has 0 spiro atoms. The molecule has 0 rings (SSSR count). The highest BCUT2D eigenvalue weighted by Gasteiger charge is 2.16. The monoisotopic (exact) mass is 214 g/mol. The van der Waals surface area contributed by atoms with Gasteiger partial charge in [0.05, 0.1) is 12.5 Å². The van der Waals surface area contributed by atoms with Crippen molar-refractivity contribution in [1.82, 2.24) is 0 Å². The molecule has 0 N–H and O–H groups in total. The van der Waals surface area contributed by atoms with Gasteiger partial charge in [-0.25, -0.2) is 0 Å². The molecule has 0 aromatic heterocycles. The second-order valence-corrected chi connectivity index (χ2v) is 4.06. The number of unbranched alkanes of at least 4 members (excludes halogenated alkanes) is 4. The summed E-state index contributed by atoms with van der Waals surface area (Å²) >= 11 is 0. The Balaban J connectivity index is 3.56. The second-order valence-electron chi connectivity index (χ2n) is 4.06. The van der Waals surface area contributed by atoms with Crippen molar-refractivity contribution < 1.29 is 9.53 Å². The van der Waals surface area contributed by atoms with Crippen molar-refractivity contribution in [2.45, 2.75) is 65.7 Å². The molecular formula is C13H26O2. The summed E-state index contributed by atoms with van der Waals surface area (Å²) in [6, 6.07) is 0. The molecule has 0 radical (unpaired) electrons. The van der Waals surface area contributed by atoms with Crippen molar-refractivity contribution in [1.29, 1.82) is 0 Å². The van der Waals surface area contributed by atoms with E-state index >= 15 is 0 Å². The topological polar surface area (TPSA) is 26.3 Å². The van der Waals surface area contributed by atoms with Gasteiger partial charge in [0.15, 0.2) is 0 Å². The van der Waals surface area contributed by atoms with E-state index in [9.17, 15) is 4.79 Å². The number of ether oxygens (including phenoxy) is 1. The molecule has 0 amide bonds. The zero-order chi connectivity index (χ0) is 11.5. The van der Waals surface area contributed by atoms with Crippen LogP contribution in [0, 0.1) is 5.92 Å². The SMILES string of the molecule is CCCCCCCC(CC)C(=O)OCC. The number of hydrogen-bond acceptors (Lipinski definition) is 2. The summed E-state index contributed by atoms with van der Waals surface area (Å²) in [4.78, 5) is 11.5. The lowest BCUT2D eigenvalue weighted by Gasteiger charge is -2.12. The predicted molar refractivity (Wildman–Crippen MR) is 63.8 cm³/mol. The van der Waals surface area contributed by atoms with Crippen molar-refractivity contribution in [3.05, 3.63) is 0 Å². The molecule has 0 heterocycles. The normalized spacial score (nSPS) is 12.5. The van der Waals surface area contributed by atoms with Gasteiger partial charge in [-0.05, 0) is 19.8 Å². The summed E-state index contributed by atoms with van der Waals surface area (Å²) in [7, 11) is 0. The van der Waals surface area contributed by atoms with Crippen LogP contribution >= 0.6 is 0 Å². The Hall–Kier alpha value is -0.530. The number of hydrogen-bond donors (Lipinski definition) is 0. The molecule has 0 aliphatic heterocycles. The van der Waals surface area contributed by atoms with Crippen molar-refractivity contribution in [3.8, 4) is 0 Å². The third-order valence-corrected chi connectivity index (χ3v) is 2.77. The number of carbonyl (C=O) groups is 1. The molecule has 1 atom stereocenters. The van der Waals surface area contributed by atoms with E-state index < -0.39 is 0 Å². The molecule has 0 aliphatic rings. The fraction of sp³-hybridized carbons (Fsp3) is 0.923. The maximum absolute atomic E-state index is 11.5. The van der Waals surface area contributed by atoms with E-state index in [2.05, 4.69) is 13.8 Å². The second kappa shape index (κ2) is 10.0. The molecule has 0 bridgehead atoms. The minimum atomic E-state index is -0.00417. The molecular weight excluding hydrogens is 188 g/mol. The van der Waals surface area contributed by atoms with Gasteiger partial charge < -0.3 is 4.74 Å². The molecule has 15 heavy (non-hydrogen) atoms. The lowest BCUT2D eigenvalue weighted by Crippen LogP contribution is -2.16. The van der Waals surface area contributed by atoms with Crippen LogP contribution in [0.2, 0.25) is 0 Å². The van der Waals surface area contributed by atoms with Gasteiger partial charge in [0, 0.05) is 0 Å². The van der Waals surface area contributed by atoms with Gasteiger partial charge >= 0.3 is 5.97 Å². The van der Waals surface area contributed by atoms with Gasteiger partial charge in [0.1, 0.15) is 0 Å². The van der Waals surface area contributed by atoms with E-state index in [1.54, 1.807) is 0 Å². The Kier molecular flexibility index (Phi) is 9.65. The van der Waals surface area contributed by atoms with Gasteiger partial charge in [0.25, 0.3) is 0 Å². The van der Waals surface area contributed by atoms with Crippen LogP contribution in [-0.2, 0) is 9.53 Å². The Labute approximate surface area is 94.4 Å². The smallest absolute Gasteiger partial charge is 0.308 e. The number of carbonyl (C=O) groups excluding carboxylic acids is 1. The van der Waals surface area contributed by atoms with E-state index in [4.69, 9.17) is 4.74 Å². The molecule has 0 fully saturated rings. The van der Waals surface area contributed by atoms with Crippen LogP contribution in [0.25, 0.3) is 0 Å². The maximum atomic E-state index is 11.5. The van der Waals surface area contributed by atoms with Crippen molar-refractivity contribution in [2.75, 3.05) is 6.61 Å². The lowest BCUT2D eigenvalue weighted by molar-refractivity contribution is -0.148. The Morgan fingerprint density at radius 2 is 1.73 bits per heavy atom. The van der Waals surface area contributed by atoms with Gasteiger partial charge in [-0.15, -0.1) is 0 Å². The van der Waals surface area contributed by atoms with Crippen LogP contribution < -0.4 is 0 Å². The van der Waals surface area contributed by atoms with Gasteiger partial charge in [-0.3, -0.25) is 4.79 Å². The third kappa shape index (κ3) is 7.40. The Morgan fingerprint density at radius 3 is 2.27 bits per heavy atom. The van der Waals surface area contributed by atoms with Gasteiger partial charge in [-0.2, -0.15) is 0 Å². The van der Waals surface area contributed by atoms with Crippen LogP contribution in [0.3, 0.4) is 0 Å². The van der Waals surface area contributed by atoms with E-state index in [1.165, 1.54) is 25.7 Å². The average Bonchev–Trinajstić information content (AvgIpc) is 2.23. The highest BCUT2D eigenvalue weighted by Crippen LogP contribution is 2.16. The van der Waals surface area contributed by atoms with Crippen molar-refractivity contribution in [2.24, 2.45) is 5.92 Å². The van der Waals surface area contributed by atoms with Crippen molar-refractivity contribution >= 4 is 5.97 Å².